The lowest BCUT2D eigenvalue weighted by atomic mass is 10.1. The number of anilines is 1. The minimum atomic E-state index is -1.12. The van der Waals surface area contributed by atoms with Gasteiger partial charge in [0.2, 0.25) is 0 Å². The zero-order chi connectivity index (χ0) is 19.9. The number of benzene rings is 2. The lowest BCUT2D eigenvalue weighted by molar-refractivity contribution is -0.137. The average molecular weight is 379 g/mol. The summed E-state index contributed by atoms with van der Waals surface area (Å²) in [5, 5.41) is 21.6. The van der Waals surface area contributed by atoms with E-state index in [4.69, 9.17) is 0 Å². The quantitative estimate of drug-likeness (QED) is 0.554. The second kappa shape index (κ2) is 8.96. The molecule has 0 radical (unpaired) electrons. The van der Waals surface area contributed by atoms with E-state index in [-0.39, 0.29) is 12.4 Å². The number of aliphatic hydroxyl groups excluding tert-OH is 1. The van der Waals surface area contributed by atoms with Crippen molar-refractivity contribution in [3.63, 3.8) is 0 Å². The third-order valence-corrected chi connectivity index (χ3v) is 4.30. The minimum Gasteiger partial charge on any atom is -0.480 e. The molecule has 3 rings (SSSR count). The van der Waals surface area contributed by atoms with Crippen molar-refractivity contribution in [1.82, 2.24) is 9.55 Å². The molecule has 144 valence electrons. The Balaban J connectivity index is 1.89. The Morgan fingerprint density at radius 3 is 2.54 bits per heavy atom. The number of aliphatic carboxylic acids is 1. The molecule has 0 saturated carbocycles. The largest absolute Gasteiger partial charge is 0.480 e. The summed E-state index contributed by atoms with van der Waals surface area (Å²) in [4.78, 5) is 28.3. The molecule has 0 atom stereocenters. The molecule has 1 heterocycles. The smallest absolute Gasteiger partial charge is 0.323 e. The van der Waals surface area contributed by atoms with E-state index in [9.17, 15) is 19.8 Å². The highest BCUT2D eigenvalue weighted by Crippen LogP contribution is 2.20. The van der Waals surface area contributed by atoms with Crippen LogP contribution in [0.25, 0.3) is 11.3 Å². The molecule has 0 aliphatic rings. The Bertz CT molecular complexity index is 1020. The number of nitrogens with zero attached hydrogens (tertiary/aromatic N) is 2. The van der Waals surface area contributed by atoms with Gasteiger partial charge in [0, 0.05) is 12.1 Å². The van der Waals surface area contributed by atoms with Gasteiger partial charge in [-0.25, -0.2) is 4.98 Å². The average Bonchev–Trinajstić information content (AvgIpc) is 2.71. The topological polar surface area (TPSA) is 104 Å². The second-order valence-electron chi connectivity index (χ2n) is 6.30. The van der Waals surface area contributed by atoms with Crippen molar-refractivity contribution in [3.05, 3.63) is 82.3 Å². The third kappa shape index (κ3) is 4.63. The second-order valence-corrected chi connectivity index (χ2v) is 6.30. The van der Waals surface area contributed by atoms with Crippen molar-refractivity contribution in [3.8, 4) is 11.3 Å². The molecule has 3 aromatic rings. The zero-order valence-electron chi connectivity index (χ0n) is 15.2. The fraction of sp³-hybridized carbons (Fsp3) is 0.190. The molecule has 0 bridgehead atoms. The SMILES string of the molecule is O=C(O)Cn1c(-c2cccc(CO)c2)cnc(NCCc2ccccc2)c1=O. The normalized spacial score (nSPS) is 10.6. The molecule has 7 nitrogen and oxygen atoms in total. The maximum atomic E-state index is 12.8. The first-order valence-corrected chi connectivity index (χ1v) is 8.88. The summed E-state index contributed by atoms with van der Waals surface area (Å²) in [6, 6.07) is 16.8. The van der Waals surface area contributed by atoms with Crippen LogP contribution >= 0.6 is 0 Å². The van der Waals surface area contributed by atoms with Crippen LogP contribution in [0, 0.1) is 0 Å². The van der Waals surface area contributed by atoms with Crippen LogP contribution in [0.5, 0.6) is 0 Å². The highest BCUT2D eigenvalue weighted by molar-refractivity contribution is 5.69. The van der Waals surface area contributed by atoms with Crippen LogP contribution < -0.4 is 10.9 Å². The summed E-state index contributed by atoms with van der Waals surface area (Å²) in [6.07, 6.45) is 2.19. The van der Waals surface area contributed by atoms with Crippen LogP contribution in [0.1, 0.15) is 11.1 Å². The molecular formula is C21H21N3O4. The summed E-state index contributed by atoms with van der Waals surface area (Å²) in [5.74, 6) is -1.01. The molecule has 2 aromatic carbocycles. The van der Waals surface area contributed by atoms with Gasteiger partial charge in [-0.05, 0) is 23.6 Å². The predicted molar refractivity (Wildman–Crippen MR) is 106 cm³/mol. The fourth-order valence-electron chi connectivity index (χ4n) is 2.93. The number of hydrogen-bond donors (Lipinski definition) is 3. The molecule has 0 amide bonds. The molecule has 0 spiro atoms. The zero-order valence-corrected chi connectivity index (χ0v) is 15.2. The number of carboxylic acids is 1. The van der Waals surface area contributed by atoms with E-state index in [0.717, 1.165) is 5.56 Å². The van der Waals surface area contributed by atoms with Crippen LogP contribution in [0.3, 0.4) is 0 Å². The Morgan fingerprint density at radius 2 is 1.82 bits per heavy atom. The minimum absolute atomic E-state index is 0.110. The van der Waals surface area contributed by atoms with Gasteiger partial charge in [0.15, 0.2) is 5.82 Å². The van der Waals surface area contributed by atoms with Crippen LogP contribution in [-0.2, 0) is 24.4 Å². The van der Waals surface area contributed by atoms with Crippen molar-refractivity contribution in [2.75, 3.05) is 11.9 Å². The van der Waals surface area contributed by atoms with Crippen LogP contribution in [-0.4, -0.2) is 32.3 Å². The lowest BCUT2D eigenvalue weighted by Crippen LogP contribution is -2.29. The molecule has 1 aromatic heterocycles. The van der Waals surface area contributed by atoms with E-state index >= 15 is 0 Å². The van der Waals surface area contributed by atoms with Gasteiger partial charge in [-0.1, -0.05) is 48.5 Å². The monoisotopic (exact) mass is 379 g/mol. The molecule has 0 unspecified atom stereocenters. The van der Waals surface area contributed by atoms with Crippen molar-refractivity contribution in [2.24, 2.45) is 0 Å². The number of aliphatic hydroxyl groups is 1. The van der Waals surface area contributed by atoms with Crippen LogP contribution in [0.4, 0.5) is 5.82 Å². The highest BCUT2D eigenvalue weighted by atomic mass is 16.4. The molecule has 7 heteroatoms. The van der Waals surface area contributed by atoms with Gasteiger partial charge in [-0.2, -0.15) is 0 Å². The number of carbonyl (C=O) groups is 1. The highest BCUT2D eigenvalue weighted by Gasteiger charge is 2.14. The fourth-order valence-corrected chi connectivity index (χ4v) is 2.93. The summed E-state index contributed by atoms with van der Waals surface area (Å²) >= 11 is 0. The molecule has 0 aliphatic heterocycles. The predicted octanol–water partition coefficient (Wildman–Crippen LogP) is 2.14. The van der Waals surface area contributed by atoms with E-state index in [1.807, 2.05) is 30.3 Å². The molecule has 28 heavy (non-hydrogen) atoms. The van der Waals surface area contributed by atoms with Gasteiger partial charge in [0.25, 0.3) is 5.56 Å². The van der Waals surface area contributed by atoms with Gasteiger partial charge in [-0.15, -0.1) is 0 Å². The Kier molecular flexibility index (Phi) is 6.18. The standard InChI is InChI=1S/C21H21N3O4/c25-14-16-7-4-8-17(11-16)18-12-23-20(21(28)24(18)13-19(26)27)22-10-9-15-5-2-1-3-6-15/h1-8,11-12,25H,9-10,13-14H2,(H,22,23)(H,26,27). The number of carboxylic acid groups (broad SMARTS) is 1. The van der Waals surface area contributed by atoms with E-state index in [0.29, 0.717) is 29.8 Å². The van der Waals surface area contributed by atoms with Gasteiger partial charge < -0.3 is 15.5 Å². The van der Waals surface area contributed by atoms with Gasteiger partial charge in [-0.3, -0.25) is 14.2 Å². The van der Waals surface area contributed by atoms with Crippen molar-refractivity contribution < 1.29 is 15.0 Å². The maximum Gasteiger partial charge on any atom is 0.323 e. The van der Waals surface area contributed by atoms with Crippen molar-refractivity contribution in [1.29, 1.82) is 0 Å². The Hall–Kier alpha value is -3.45. The van der Waals surface area contributed by atoms with E-state index < -0.39 is 18.1 Å². The summed E-state index contributed by atoms with van der Waals surface area (Å²) in [7, 11) is 0. The first-order valence-electron chi connectivity index (χ1n) is 8.88. The Labute approximate surface area is 161 Å². The van der Waals surface area contributed by atoms with E-state index in [1.54, 1.807) is 24.3 Å². The summed E-state index contributed by atoms with van der Waals surface area (Å²) < 4.78 is 1.18. The summed E-state index contributed by atoms with van der Waals surface area (Å²) in [6.45, 7) is -0.129. The number of rotatable bonds is 8. The van der Waals surface area contributed by atoms with Crippen molar-refractivity contribution >= 4 is 11.8 Å². The van der Waals surface area contributed by atoms with Gasteiger partial charge in [0.05, 0.1) is 18.5 Å². The Morgan fingerprint density at radius 1 is 1.07 bits per heavy atom. The maximum absolute atomic E-state index is 12.8. The van der Waals surface area contributed by atoms with Gasteiger partial charge in [0.1, 0.15) is 6.54 Å². The number of hydrogen-bond acceptors (Lipinski definition) is 5. The van der Waals surface area contributed by atoms with Crippen LogP contribution in [0.15, 0.2) is 65.6 Å². The van der Waals surface area contributed by atoms with Crippen molar-refractivity contribution in [2.45, 2.75) is 19.6 Å². The molecular weight excluding hydrogens is 358 g/mol. The molecule has 0 saturated heterocycles. The molecule has 0 aliphatic carbocycles. The first kappa shape index (κ1) is 19.3. The summed E-state index contributed by atoms with van der Waals surface area (Å²) in [5.41, 5.74) is 2.29. The molecule has 3 N–H and O–H groups in total. The third-order valence-electron chi connectivity index (χ3n) is 4.30. The first-order chi connectivity index (χ1) is 13.6. The number of aromatic nitrogens is 2. The van der Waals surface area contributed by atoms with Gasteiger partial charge >= 0.3 is 5.97 Å². The van der Waals surface area contributed by atoms with Crippen LogP contribution in [0.2, 0.25) is 0 Å². The van der Waals surface area contributed by atoms with E-state index in [2.05, 4.69) is 10.3 Å². The molecule has 0 fully saturated rings. The number of nitrogens with one attached hydrogen (secondary N) is 1. The van der Waals surface area contributed by atoms with E-state index in [1.165, 1.54) is 10.8 Å². The lowest BCUT2D eigenvalue weighted by Gasteiger charge is -2.14.